The van der Waals surface area contributed by atoms with Crippen LogP contribution in [0.2, 0.25) is 0 Å². The molecule has 0 aromatic heterocycles. The third-order valence-corrected chi connectivity index (χ3v) is 2.46. The number of nitrogens with two attached hydrogens (primary N) is 1. The van der Waals surface area contributed by atoms with Crippen molar-refractivity contribution in [3.8, 4) is 11.5 Å². The summed E-state index contributed by atoms with van der Waals surface area (Å²) < 4.78 is 11.0. The summed E-state index contributed by atoms with van der Waals surface area (Å²) in [5, 5.41) is 7.81. The van der Waals surface area contributed by atoms with Gasteiger partial charge in [-0.25, -0.2) is 4.99 Å². The summed E-state index contributed by atoms with van der Waals surface area (Å²) in [6.45, 7) is 4.84. The van der Waals surface area contributed by atoms with Gasteiger partial charge in [0.15, 0.2) is 17.3 Å². The van der Waals surface area contributed by atoms with Crippen LogP contribution in [-0.2, 0) is 0 Å². The van der Waals surface area contributed by atoms with E-state index in [-0.39, 0.29) is 5.84 Å². The first-order valence-corrected chi connectivity index (χ1v) is 5.55. The number of fused-ring (bicyclic) bond motifs is 1. The number of rotatable bonds is 4. The molecular formula is C12H15N3O2. The van der Waals surface area contributed by atoms with Crippen LogP contribution in [0, 0.1) is 5.41 Å². The largest absolute Gasteiger partial charge is 0.490 e. The fraction of sp³-hybridized carbons (Fsp3) is 0.333. The lowest BCUT2D eigenvalue weighted by atomic mass is 10.1. The van der Waals surface area contributed by atoms with Crippen LogP contribution in [0.15, 0.2) is 17.1 Å². The van der Waals surface area contributed by atoms with Gasteiger partial charge in [0.2, 0.25) is 0 Å². The lowest BCUT2D eigenvalue weighted by Gasteiger charge is -2.14. The van der Waals surface area contributed by atoms with Crippen molar-refractivity contribution >= 4 is 11.7 Å². The summed E-state index contributed by atoms with van der Waals surface area (Å²) in [5.74, 6) is 1.67. The van der Waals surface area contributed by atoms with E-state index < -0.39 is 0 Å². The number of nitrogens with one attached hydrogen (secondary N) is 1. The van der Waals surface area contributed by atoms with Gasteiger partial charge in [-0.05, 0) is 26.0 Å². The molecule has 1 aliphatic heterocycles. The van der Waals surface area contributed by atoms with E-state index in [9.17, 15) is 0 Å². The minimum atomic E-state index is 0.127. The number of ether oxygens (including phenoxy) is 2. The predicted octanol–water partition coefficient (Wildman–Crippen LogP) is 1.53. The molecule has 2 rings (SSSR count). The zero-order chi connectivity index (χ0) is 12.4. The molecule has 5 heteroatoms. The summed E-state index contributed by atoms with van der Waals surface area (Å²) in [7, 11) is 0. The van der Waals surface area contributed by atoms with Crippen LogP contribution in [0.5, 0.6) is 11.5 Å². The van der Waals surface area contributed by atoms with Crippen molar-refractivity contribution in [1.82, 2.24) is 0 Å². The van der Waals surface area contributed by atoms with Crippen molar-refractivity contribution in [2.75, 3.05) is 13.2 Å². The Labute approximate surface area is 99.8 Å². The Bertz CT molecular complexity index is 495. The van der Waals surface area contributed by atoms with Gasteiger partial charge in [-0.1, -0.05) is 0 Å². The summed E-state index contributed by atoms with van der Waals surface area (Å²) in [4.78, 5) is 3.94. The molecule has 5 nitrogen and oxygen atoms in total. The topological polar surface area (TPSA) is 80.7 Å². The van der Waals surface area contributed by atoms with E-state index in [1.807, 2.05) is 19.9 Å². The zero-order valence-electron chi connectivity index (χ0n) is 9.91. The number of hydrogen-bond donors (Lipinski definition) is 2. The van der Waals surface area contributed by atoms with Gasteiger partial charge in [-0.2, -0.15) is 0 Å². The lowest BCUT2D eigenvalue weighted by molar-refractivity contribution is 0.287. The lowest BCUT2D eigenvalue weighted by Crippen LogP contribution is -2.11. The molecule has 0 radical (unpaired) electrons. The standard InChI is InChI=1S/C12H15N3O2/c1-3-16-8-6-5-7-9(10(8)17-4-2)12(14)15-11(7)13/h5-6H,3-4H2,1-2H3,(H3,13,14,15). The molecule has 1 heterocycles. The molecule has 90 valence electrons. The van der Waals surface area contributed by atoms with Gasteiger partial charge < -0.3 is 15.2 Å². The second-order valence-corrected chi connectivity index (χ2v) is 3.53. The maximum atomic E-state index is 7.81. The maximum absolute atomic E-state index is 7.81. The van der Waals surface area contributed by atoms with Crippen LogP contribution in [0.1, 0.15) is 25.0 Å². The molecule has 0 aliphatic carbocycles. The van der Waals surface area contributed by atoms with Gasteiger partial charge in [0.05, 0.1) is 18.8 Å². The van der Waals surface area contributed by atoms with Crippen LogP contribution in [0.3, 0.4) is 0 Å². The molecule has 3 N–H and O–H groups in total. The van der Waals surface area contributed by atoms with E-state index in [0.29, 0.717) is 36.1 Å². The van der Waals surface area contributed by atoms with Crippen molar-refractivity contribution in [2.45, 2.75) is 13.8 Å². The molecule has 0 amide bonds. The predicted molar refractivity (Wildman–Crippen MR) is 66.3 cm³/mol. The molecule has 0 saturated carbocycles. The quantitative estimate of drug-likeness (QED) is 0.827. The number of aliphatic imine (C=N–C) groups is 1. The molecule has 0 fully saturated rings. The van der Waals surface area contributed by atoms with Crippen LogP contribution in [0.4, 0.5) is 0 Å². The maximum Gasteiger partial charge on any atom is 0.172 e. The zero-order valence-corrected chi connectivity index (χ0v) is 9.91. The first-order valence-electron chi connectivity index (χ1n) is 5.55. The Balaban J connectivity index is 2.56. The van der Waals surface area contributed by atoms with Crippen LogP contribution in [0.25, 0.3) is 0 Å². The van der Waals surface area contributed by atoms with Gasteiger partial charge in [0, 0.05) is 5.56 Å². The Kier molecular flexibility index (Phi) is 2.99. The van der Waals surface area contributed by atoms with Crippen molar-refractivity contribution in [2.24, 2.45) is 10.7 Å². The summed E-state index contributed by atoms with van der Waals surface area (Å²) in [5.41, 5.74) is 7.10. The average Bonchev–Trinajstić information content (AvgIpc) is 2.58. The molecule has 1 aliphatic rings. The molecule has 0 saturated heterocycles. The van der Waals surface area contributed by atoms with Crippen molar-refractivity contribution in [1.29, 1.82) is 5.41 Å². The van der Waals surface area contributed by atoms with Crippen LogP contribution in [-0.4, -0.2) is 24.9 Å². The minimum Gasteiger partial charge on any atom is -0.490 e. The number of benzene rings is 1. The second kappa shape index (κ2) is 4.45. The van der Waals surface area contributed by atoms with E-state index >= 15 is 0 Å². The molecule has 0 unspecified atom stereocenters. The monoisotopic (exact) mass is 233 g/mol. The Morgan fingerprint density at radius 2 is 1.94 bits per heavy atom. The first-order chi connectivity index (χ1) is 8.19. The third-order valence-electron chi connectivity index (χ3n) is 2.46. The highest BCUT2D eigenvalue weighted by molar-refractivity contribution is 6.22. The van der Waals surface area contributed by atoms with Crippen molar-refractivity contribution in [3.63, 3.8) is 0 Å². The first kappa shape index (κ1) is 11.4. The van der Waals surface area contributed by atoms with Gasteiger partial charge in [0.25, 0.3) is 0 Å². The fourth-order valence-electron chi connectivity index (χ4n) is 1.81. The Hall–Kier alpha value is -2.04. The van der Waals surface area contributed by atoms with E-state index in [1.165, 1.54) is 0 Å². The normalized spacial score (nSPS) is 13.3. The molecule has 0 spiro atoms. The number of nitrogens with zero attached hydrogens (tertiary/aromatic N) is 1. The van der Waals surface area contributed by atoms with Crippen molar-refractivity contribution in [3.05, 3.63) is 23.3 Å². The minimum absolute atomic E-state index is 0.127. The van der Waals surface area contributed by atoms with E-state index in [4.69, 9.17) is 20.6 Å². The molecule has 17 heavy (non-hydrogen) atoms. The van der Waals surface area contributed by atoms with Crippen LogP contribution < -0.4 is 15.2 Å². The molecule has 1 aromatic rings. The summed E-state index contributed by atoms with van der Waals surface area (Å²) in [6.07, 6.45) is 0. The van der Waals surface area contributed by atoms with Gasteiger partial charge >= 0.3 is 0 Å². The van der Waals surface area contributed by atoms with Crippen molar-refractivity contribution < 1.29 is 9.47 Å². The van der Waals surface area contributed by atoms with Gasteiger partial charge in [-0.15, -0.1) is 0 Å². The third kappa shape index (κ3) is 1.84. The summed E-state index contributed by atoms with van der Waals surface area (Å²) >= 11 is 0. The Morgan fingerprint density at radius 1 is 1.24 bits per heavy atom. The van der Waals surface area contributed by atoms with E-state index in [1.54, 1.807) is 6.07 Å². The summed E-state index contributed by atoms with van der Waals surface area (Å²) in [6, 6.07) is 3.61. The highest BCUT2D eigenvalue weighted by Gasteiger charge is 2.25. The molecule has 1 aromatic carbocycles. The number of amidine groups is 2. The van der Waals surface area contributed by atoms with Crippen LogP contribution >= 0.6 is 0 Å². The Morgan fingerprint density at radius 3 is 2.59 bits per heavy atom. The SMILES string of the molecule is CCOc1ccc2c(c1OCC)C(=N)N=C2N. The fourth-order valence-corrected chi connectivity index (χ4v) is 1.81. The highest BCUT2D eigenvalue weighted by atomic mass is 16.5. The number of hydrogen-bond acceptors (Lipinski definition) is 4. The smallest absolute Gasteiger partial charge is 0.172 e. The highest BCUT2D eigenvalue weighted by Crippen LogP contribution is 2.36. The second-order valence-electron chi connectivity index (χ2n) is 3.53. The van der Waals surface area contributed by atoms with E-state index in [0.717, 1.165) is 5.56 Å². The van der Waals surface area contributed by atoms with Gasteiger partial charge in [0.1, 0.15) is 5.84 Å². The molecular weight excluding hydrogens is 218 g/mol. The molecule has 0 atom stereocenters. The average molecular weight is 233 g/mol. The van der Waals surface area contributed by atoms with Gasteiger partial charge in [-0.3, -0.25) is 5.41 Å². The van der Waals surface area contributed by atoms with E-state index in [2.05, 4.69) is 4.99 Å². The molecule has 0 bridgehead atoms.